The van der Waals surface area contributed by atoms with E-state index < -0.39 is 18.6 Å². The van der Waals surface area contributed by atoms with E-state index in [-0.39, 0.29) is 23.3 Å². The number of amides is 1. The van der Waals surface area contributed by atoms with Gasteiger partial charge in [-0.05, 0) is 42.9 Å². The molecule has 1 aromatic carbocycles. The van der Waals surface area contributed by atoms with Crippen LogP contribution < -0.4 is 9.47 Å². The largest absolute Gasteiger partial charge is 0.489 e. The fourth-order valence-electron chi connectivity index (χ4n) is 3.36. The zero-order chi connectivity index (χ0) is 19.6. The third-order valence-corrected chi connectivity index (χ3v) is 5.01. The molecule has 2 atom stereocenters. The van der Waals surface area contributed by atoms with Gasteiger partial charge in [-0.25, -0.2) is 4.79 Å². The van der Waals surface area contributed by atoms with Crippen molar-refractivity contribution in [3.05, 3.63) is 23.8 Å². The van der Waals surface area contributed by atoms with Gasteiger partial charge in [0.05, 0.1) is 13.7 Å². The number of nitrogens with zero attached hydrogens (tertiary/aromatic N) is 1. The Labute approximate surface area is 156 Å². The summed E-state index contributed by atoms with van der Waals surface area (Å²) in [5.74, 6) is -0.0967. The van der Waals surface area contributed by atoms with Crippen molar-refractivity contribution in [2.45, 2.75) is 44.8 Å². The number of methoxy groups -OCH3 is 1. The summed E-state index contributed by atoms with van der Waals surface area (Å²) >= 11 is 0. The first kappa shape index (κ1) is 19.4. The molecule has 0 bridgehead atoms. The zero-order valence-electron chi connectivity index (χ0n) is 15.3. The van der Waals surface area contributed by atoms with Crippen LogP contribution in [0, 0.1) is 5.92 Å². The zero-order valence-corrected chi connectivity index (χ0v) is 15.3. The Morgan fingerprint density at radius 3 is 2.59 bits per heavy atom. The Kier molecular flexibility index (Phi) is 5.82. The molecule has 1 heterocycles. The van der Waals surface area contributed by atoms with Gasteiger partial charge < -0.3 is 19.1 Å². The summed E-state index contributed by atoms with van der Waals surface area (Å²) in [4.78, 5) is 25.3. The molecule has 8 heteroatoms. The smallest absolute Gasteiger partial charge is 0.387 e. The Morgan fingerprint density at radius 2 is 2.00 bits per heavy atom. The molecule has 2 unspecified atom stereocenters. The van der Waals surface area contributed by atoms with Crippen molar-refractivity contribution in [3.8, 4) is 11.5 Å². The number of esters is 1. The van der Waals surface area contributed by atoms with Crippen molar-refractivity contribution in [2.75, 3.05) is 20.3 Å². The van der Waals surface area contributed by atoms with Crippen LogP contribution in [0.25, 0.3) is 0 Å². The van der Waals surface area contributed by atoms with E-state index >= 15 is 0 Å². The van der Waals surface area contributed by atoms with Gasteiger partial charge in [-0.2, -0.15) is 8.78 Å². The standard InChI is InChI=1S/C19H23F2NO5/c1-11(23)22-9-14(7-15(22)18(24)25-2)13-5-6-16(27-19(20)21)17(8-13)26-10-12-3-4-12/h5-6,8,12,14-15,19H,3-4,7,9-10H2,1-2H3. The van der Waals surface area contributed by atoms with Crippen LogP contribution in [0.4, 0.5) is 8.78 Å². The minimum atomic E-state index is -2.94. The van der Waals surface area contributed by atoms with E-state index in [9.17, 15) is 18.4 Å². The molecule has 1 saturated heterocycles. The average molecular weight is 383 g/mol. The minimum absolute atomic E-state index is 0.0136. The van der Waals surface area contributed by atoms with E-state index in [2.05, 4.69) is 4.74 Å². The lowest BCUT2D eigenvalue weighted by atomic mass is 9.96. The highest BCUT2D eigenvalue weighted by molar-refractivity contribution is 5.84. The lowest BCUT2D eigenvalue weighted by Gasteiger charge is -2.20. The molecule has 27 heavy (non-hydrogen) atoms. The van der Waals surface area contributed by atoms with Gasteiger partial charge in [-0.1, -0.05) is 6.07 Å². The van der Waals surface area contributed by atoms with Gasteiger partial charge in [-0.3, -0.25) is 4.79 Å². The molecule has 6 nitrogen and oxygen atoms in total. The molecule has 1 saturated carbocycles. The molecule has 0 radical (unpaired) electrons. The minimum Gasteiger partial charge on any atom is -0.489 e. The second kappa shape index (κ2) is 8.10. The number of rotatable bonds is 7. The summed E-state index contributed by atoms with van der Waals surface area (Å²) in [6, 6.07) is 4.14. The van der Waals surface area contributed by atoms with Crippen LogP contribution >= 0.6 is 0 Å². The average Bonchev–Trinajstić information content (AvgIpc) is 3.35. The Balaban J connectivity index is 1.81. The number of likely N-dealkylation sites (tertiary alicyclic amines) is 1. The molecule has 0 spiro atoms. The molecule has 1 aromatic rings. The Morgan fingerprint density at radius 1 is 1.26 bits per heavy atom. The SMILES string of the molecule is COC(=O)C1CC(c2ccc(OC(F)F)c(OCC3CC3)c2)CN1C(C)=O. The van der Waals surface area contributed by atoms with Crippen LogP contribution in [0.2, 0.25) is 0 Å². The lowest BCUT2D eigenvalue weighted by molar-refractivity contribution is -0.150. The molecule has 0 aromatic heterocycles. The summed E-state index contributed by atoms with van der Waals surface area (Å²) in [5.41, 5.74) is 0.806. The molecular formula is C19H23F2NO5. The monoisotopic (exact) mass is 383 g/mol. The number of alkyl halides is 2. The molecule has 0 N–H and O–H groups in total. The number of carbonyl (C=O) groups excluding carboxylic acids is 2. The molecule has 3 rings (SSSR count). The lowest BCUT2D eigenvalue weighted by Crippen LogP contribution is -2.39. The van der Waals surface area contributed by atoms with Crippen LogP contribution in [0.5, 0.6) is 11.5 Å². The number of carbonyl (C=O) groups is 2. The number of hydrogen-bond donors (Lipinski definition) is 0. The summed E-state index contributed by atoms with van der Waals surface area (Å²) in [7, 11) is 1.29. The molecule has 1 amide bonds. The topological polar surface area (TPSA) is 65.1 Å². The first-order valence-corrected chi connectivity index (χ1v) is 8.95. The molecule has 148 valence electrons. The molecule has 1 aliphatic carbocycles. The molecule has 2 fully saturated rings. The normalized spacial score (nSPS) is 22.0. The van der Waals surface area contributed by atoms with Crippen LogP contribution in [0.1, 0.15) is 37.7 Å². The number of benzene rings is 1. The number of halogens is 2. The van der Waals surface area contributed by atoms with Crippen molar-refractivity contribution in [2.24, 2.45) is 5.92 Å². The van der Waals surface area contributed by atoms with Gasteiger partial charge in [0.15, 0.2) is 11.5 Å². The Hall–Kier alpha value is -2.38. The van der Waals surface area contributed by atoms with E-state index in [0.717, 1.165) is 18.4 Å². The number of ether oxygens (including phenoxy) is 3. The third-order valence-electron chi connectivity index (χ3n) is 5.01. The highest BCUT2D eigenvalue weighted by atomic mass is 19.3. The van der Waals surface area contributed by atoms with Crippen molar-refractivity contribution in [1.82, 2.24) is 4.90 Å². The van der Waals surface area contributed by atoms with Gasteiger partial charge >= 0.3 is 12.6 Å². The fourth-order valence-corrected chi connectivity index (χ4v) is 3.36. The van der Waals surface area contributed by atoms with Crippen LogP contribution in [-0.4, -0.2) is 49.7 Å². The molecule has 1 aliphatic heterocycles. The van der Waals surface area contributed by atoms with Gasteiger partial charge in [0.25, 0.3) is 0 Å². The third kappa shape index (κ3) is 4.67. The van der Waals surface area contributed by atoms with E-state index in [1.54, 1.807) is 12.1 Å². The van der Waals surface area contributed by atoms with Gasteiger partial charge in [0, 0.05) is 19.4 Å². The second-order valence-corrected chi connectivity index (χ2v) is 6.98. The summed E-state index contributed by atoms with van der Waals surface area (Å²) in [6.45, 7) is -0.727. The van der Waals surface area contributed by atoms with E-state index in [0.29, 0.717) is 25.5 Å². The predicted octanol–water partition coefficient (Wildman–Crippen LogP) is 2.95. The van der Waals surface area contributed by atoms with Crippen molar-refractivity contribution in [3.63, 3.8) is 0 Å². The van der Waals surface area contributed by atoms with Crippen LogP contribution in [-0.2, 0) is 14.3 Å². The van der Waals surface area contributed by atoms with Crippen molar-refractivity contribution < 1.29 is 32.6 Å². The fraction of sp³-hybridized carbons (Fsp3) is 0.579. The van der Waals surface area contributed by atoms with E-state index in [1.807, 2.05) is 0 Å². The highest BCUT2D eigenvalue weighted by Gasteiger charge is 2.39. The maximum absolute atomic E-state index is 12.7. The van der Waals surface area contributed by atoms with E-state index in [1.165, 1.54) is 25.0 Å². The summed E-state index contributed by atoms with van der Waals surface area (Å²) in [6.07, 6.45) is 2.55. The molecular weight excluding hydrogens is 360 g/mol. The Bertz CT molecular complexity index is 707. The summed E-state index contributed by atoms with van der Waals surface area (Å²) < 4.78 is 40.4. The predicted molar refractivity (Wildman–Crippen MR) is 91.8 cm³/mol. The first-order valence-electron chi connectivity index (χ1n) is 8.95. The van der Waals surface area contributed by atoms with E-state index in [4.69, 9.17) is 9.47 Å². The second-order valence-electron chi connectivity index (χ2n) is 6.98. The van der Waals surface area contributed by atoms with Crippen molar-refractivity contribution in [1.29, 1.82) is 0 Å². The van der Waals surface area contributed by atoms with Crippen LogP contribution in [0.15, 0.2) is 18.2 Å². The van der Waals surface area contributed by atoms with Gasteiger partial charge in [0.1, 0.15) is 6.04 Å². The first-order chi connectivity index (χ1) is 12.9. The maximum atomic E-state index is 12.7. The molecule has 2 aliphatic rings. The highest BCUT2D eigenvalue weighted by Crippen LogP contribution is 2.39. The van der Waals surface area contributed by atoms with Gasteiger partial charge in [0.2, 0.25) is 5.91 Å². The number of hydrogen-bond acceptors (Lipinski definition) is 5. The van der Waals surface area contributed by atoms with Crippen molar-refractivity contribution >= 4 is 11.9 Å². The van der Waals surface area contributed by atoms with Gasteiger partial charge in [-0.15, -0.1) is 0 Å². The quantitative estimate of drug-likeness (QED) is 0.678. The van der Waals surface area contributed by atoms with Crippen LogP contribution in [0.3, 0.4) is 0 Å². The maximum Gasteiger partial charge on any atom is 0.387 e. The summed E-state index contributed by atoms with van der Waals surface area (Å²) in [5, 5.41) is 0.